The highest BCUT2D eigenvalue weighted by molar-refractivity contribution is 6.30. The summed E-state index contributed by atoms with van der Waals surface area (Å²) in [6.45, 7) is 2.79. The van der Waals surface area contributed by atoms with Crippen LogP contribution in [0.1, 0.15) is 18.1 Å². The first kappa shape index (κ1) is 19.3. The van der Waals surface area contributed by atoms with Crippen molar-refractivity contribution in [2.45, 2.75) is 26.1 Å². The van der Waals surface area contributed by atoms with Crippen LogP contribution < -0.4 is 15.8 Å². The molecule has 124 valence electrons. The minimum Gasteiger partial charge on any atom is -0.489 e. The maximum Gasteiger partial charge on any atom is 0.234 e. The van der Waals surface area contributed by atoms with Crippen molar-refractivity contribution in [3.63, 3.8) is 0 Å². The Labute approximate surface area is 147 Å². The Balaban J connectivity index is 0.00000264. The van der Waals surface area contributed by atoms with Gasteiger partial charge in [-0.15, -0.1) is 12.4 Å². The Morgan fingerprint density at radius 3 is 2.52 bits per heavy atom. The molecule has 0 aliphatic heterocycles. The lowest BCUT2D eigenvalue weighted by atomic mass is 10.2. The number of hydrogen-bond acceptors (Lipinski definition) is 3. The van der Waals surface area contributed by atoms with Crippen LogP contribution >= 0.6 is 24.0 Å². The van der Waals surface area contributed by atoms with Crippen LogP contribution in [0.3, 0.4) is 0 Å². The molecule has 0 fully saturated rings. The first-order valence-electron chi connectivity index (χ1n) is 7.03. The summed E-state index contributed by atoms with van der Waals surface area (Å²) in [7, 11) is 0. The van der Waals surface area contributed by atoms with Gasteiger partial charge < -0.3 is 15.8 Å². The maximum atomic E-state index is 10.9. The molecule has 1 atom stereocenters. The van der Waals surface area contributed by atoms with Gasteiger partial charge in [-0.1, -0.05) is 35.9 Å². The van der Waals surface area contributed by atoms with Gasteiger partial charge in [0.2, 0.25) is 5.91 Å². The first-order valence-corrected chi connectivity index (χ1v) is 7.41. The summed E-state index contributed by atoms with van der Waals surface area (Å²) in [5, 5.41) is 3.75. The number of amides is 1. The number of rotatable bonds is 7. The van der Waals surface area contributed by atoms with E-state index in [1.807, 2.05) is 48.5 Å². The van der Waals surface area contributed by atoms with E-state index in [-0.39, 0.29) is 24.4 Å². The molecule has 0 saturated carbocycles. The van der Waals surface area contributed by atoms with Gasteiger partial charge in [-0.2, -0.15) is 0 Å². The summed E-state index contributed by atoms with van der Waals surface area (Å²) < 4.78 is 5.71. The predicted octanol–water partition coefficient (Wildman–Crippen LogP) is 3.30. The van der Waals surface area contributed by atoms with E-state index < -0.39 is 0 Å². The van der Waals surface area contributed by atoms with E-state index in [9.17, 15) is 4.79 Å². The second kappa shape index (κ2) is 9.40. The number of nitrogens with one attached hydrogen (secondary N) is 1. The predicted molar refractivity (Wildman–Crippen MR) is 95.0 cm³/mol. The molecule has 1 amide bonds. The summed E-state index contributed by atoms with van der Waals surface area (Å²) in [4.78, 5) is 10.9. The fourth-order valence-electron chi connectivity index (χ4n) is 1.87. The molecule has 0 unspecified atom stereocenters. The smallest absolute Gasteiger partial charge is 0.234 e. The lowest BCUT2D eigenvalue weighted by Crippen LogP contribution is -2.38. The third-order valence-electron chi connectivity index (χ3n) is 3.26. The molecule has 2 aromatic rings. The van der Waals surface area contributed by atoms with Gasteiger partial charge >= 0.3 is 0 Å². The molecule has 6 heteroatoms. The molecule has 4 nitrogen and oxygen atoms in total. The number of nitrogens with two attached hydrogens (primary N) is 1. The molecular weight excluding hydrogens is 335 g/mol. The number of ether oxygens (including phenoxy) is 1. The van der Waals surface area contributed by atoms with Gasteiger partial charge in [0.05, 0.1) is 6.04 Å². The van der Waals surface area contributed by atoms with Crippen molar-refractivity contribution in [2.24, 2.45) is 5.73 Å². The Kier molecular flexibility index (Phi) is 7.89. The van der Waals surface area contributed by atoms with Gasteiger partial charge in [0.25, 0.3) is 0 Å². The zero-order valence-electron chi connectivity index (χ0n) is 12.8. The topological polar surface area (TPSA) is 64.3 Å². The minimum absolute atomic E-state index is 0. The van der Waals surface area contributed by atoms with Crippen LogP contribution in [0.15, 0.2) is 48.5 Å². The van der Waals surface area contributed by atoms with Crippen LogP contribution in [0.4, 0.5) is 0 Å². The van der Waals surface area contributed by atoms with E-state index in [2.05, 4.69) is 5.32 Å². The van der Waals surface area contributed by atoms with Gasteiger partial charge in [-0.05, 0) is 42.3 Å². The highest BCUT2D eigenvalue weighted by Gasteiger charge is 2.07. The van der Waals surface area contributed by atoms with Gasteiger partial charge in [-0.25, -0.2) is 0 Å². The Bertz CT molecular complexity index is 633. The molecule has 2 aromatic carbocycles. The van der Waals surface area contributed by atoms with Crippen molar-refractivity contribution in [1.29, 1.82) is 0 Å². The number of carbonyl (C=O) groups excluding carboxylic acids is 1. The zero-order chi connectivity index (χ0) is 15.9. The number of carbonyl (C=O) groups is 1. The van der Waals surface area contributed by atoms with E-state index in [4.69, 9.17) is 22.1 Å². The van der Waals surface area contributed by atoms with Crippen LogP contribution in [-0.2, 0) is 17.9 Å². The van der Waals surface area contributed by atoms with Crippen LogP contribution in [0.2, 0.25) is 5.02 Å². The largest absolute Gasteiger partial charge is 0.489 e. The highest BCUT2D eigenvalue weighted by atomic mass is 35.5. The summed E-state index contributed by atoms with van der Waals surface area (Å²) in [6.07, 6.45) is 0. The number of halogens is 2. The normalized spacial score (nSPS) is 11.4. The lowest BCUT2D eigenvalue weighted by Gasteiger charge is -2.11. The van der Waals surface area contributed by atoms with Crippen molar-refractivity contribution in [3.05, 3.63) is 64.7 Å². The van der Waals surface area contributed by atoms with Crippen molar-refractivity contribution in [3.8, 4) is 5.75 Å². The highest BCUT2D eigenvalue weighted by Crippen LogP contribution is 2.16. The van der Waals surface area contributed by atoms with E-state index in [0.29, 0.717) is 18.2 Å². The number of benzene rings is 2. The van der Waals surface area contributed by atoms with Gasteiger partial charge in [0, 0.05) is 11.6 Å². The van der Waals surface area contributed by atoms with E-state index in [1.54, 1.807) is 6.92 Å². The molecule has 2 rings (SSSR count). The van der Waals surface area contributed by atoms with Crippen molar-refractivity contribution < 1.29 is 9.53 Å². The molecular formula is C17H20Cl2N2O2. The molecule has 0 saturated heterocycles. The summed E-state index contributed by atoms with van der Waals surface area (Å²) in [6, 6.07) is 14.9. The molecule has 23 heavy (non-hydrogen) atoms. The Morgan fingerprint density at radius 1 is 1.22 bits per heavy atom. The summed E-state index contributed by atoms with van der Waals surface area (Å²) >= 11 is 5.93. The summed E-state index contributed by atoms with van der Waals surface area (Å²) in [5.74, 6) is 0.424. The van der Waals surface area contributed by atoms with Crippen LogP contribution in [0.25, 0.3) is 0 Å². The minimum atomic E-state index is -0.360. The Hall–Kier alpha value is -1.75. The number of hydrogen-bond donors (Lipinski definition) is 2. The zero-order valence-corrected chi connectivity index (χ0v) is 14.4. The molecule has 0 aliphatic carbocycles. The summed E-state index contributed by atoms with van der Waals surface area (Å²) in [5.41, 5.74) is 7.28. The second-order valence-electron chi connectivity index (χ2n) is 5.07. The lowest BCUT2D eigenvalue weighted by molar-refractivity contribution is -0.119. The molecule has 0 aliphatic rings. The third kappa shape index (κ3) is 6.48. The average molecular weight is 355 g/mol. The molecule has 0 aromatic heterocycles. The van der Waals surface area contributed by atoms with Gasteiger partial charge in [0.15, 0.2) is 0 Å². The standard InChI is InChI=1S/C17H19ClN2O2.ClH/c1-12(17(19)21)20-10-13-5-7-16(8-6-13)22-11-14-3-2-4-15(18)9-14;/h2-9,12,20H,10-11H2,1H3,(H2,19,21);1H/t12-;/m1./s1. The Morgan fingerprint density at radius 2 is 1.91 bits per heavy atom. The molecule has 0 spiro atoms. The van der Waals surface area contributed by atoms with Gasteiger partial charge in [0.1, 0.15) is 12.4 Å². The van der Waals surface area contributed by atoms with E-state index in [0.717, 1.165) is 16.9 Å². The van der Waals surface area contributed by atoms with Crippen LogP contribution in [0, 0.1) is 0 Å². The second-order valence-corrected chi connectivity index (χ2v) is 5.50. The number of primary amides is 1. The SMILES string of the molecule is C[C@@H](NCc1ccc(OCc2cccc(Cl)c2)cc1)C(N)=O.Cl. The average Bonchev–Trinajstić information content (AvgIpc) is 2.51. The molecule has 0 bridgehead atoms. The van der Waals surface area contributed by atoms with Crippen LogP contribution in [-0.4, -0.2) is 11.9 Å². The third-order valence-corrected chi connectivity index (χ3v) is 3.49. The fraction of sp³-hybridized carbons (Fsp3) is 0.235. The fourth-order valence-corrected chi connectivity index (χ4v) is 2.08. The van der Waals surface area contributed by atoms with Crippen molar-refractivity contribution in [2.75, 3.05) is 0 Å². The van der Waals surface area contributed by atoms with Crippen molar-refractivity contribution >= 4 is 29.9 Å². The molecule has 0 radical (unpaired) electrons. The monoisotopic (exact) mass is 354 g/mol. The van der Waals surface area contributed by atoms with E-state index in [1.165, 1.54) is 0 Å². The first-order chi connectivity index (χ1) is 10.5. The van der Waals surface area contributed by atoms with Crippen molar-refractivity contribution in [1.82, 2.24) is 5.32 Å². The quantitative estimate of drug-likeness (QED) is 0.801. The molecule has 0 heterocycles. The van der Waals surface area contributed by atoms with Gasteiger partial charge in [-0.3, -0.25) is 4.79 Å². The maximum absolute atomic E-state index is 10.9. The van der Waals surface area contributed by atoms with E-state index >= 15 is 0 Å². The molecule has 3 N–H and O–H groups in total. The van der Waals surface area contributed by atoms with Crippen LogP contribution in [0.5, 0.6) is 5.75 Å².